The molecule has 3 heterocycles. The van der Waals surface area contributed by atoms with Gasteiger partial charge in [-0.1, -0.05) is 5.16 Å². The number of aromatic nitrogens is 1. The molecule has 1 spiro atoms. The number of rotatable bonds is 3. The second-order valence-electron chi connectivity index (χ2n) is 5.71. The minimum atomic E-state index is 0.152. The molecule has 4 nitrogen and oxygen atoms in total. The molecular formula is C14H22N2O2S. The summed E-state index contributed by atoms with van der Waals surface area (Å²) in [5.41, 5.74) is 2.36. The predicted octanol–water partition coefficient (Wildman–Crippen LogP) is 2.44. The summed E-state index contributed by atoms with van der Waals surface area (Å²) in [5, 5.41) is 7.68. The topological polar surface area (TPSA) is 47.3 Å². The van der Waals surface area contributed by atoms with Crippen LogP contribution in [0.1, 0.15) is 36.3 Å². The number of thioether (sulfide) groups is 1. The molecule has 19 heavy (non-hydrogen) atoms. The molecule has 0 radical (unpaired) electrons. The number of hydrogen-bond donors (Lipinski definition) is 1. The third-order valence-corrected chi connectivity index (χ3v) is 5.53. The van der Waals surface area contributed by atoms with Gasteiger partial charge in [-0.05, 0) is 38.9 Å². The highest BCUT2D eigenvalue weighted by Crippen LogP contribution is 2.38. The maximum Gasteiger partial charge on any atom is 0.138 e. The van der Waals surface area contributed by atoms with Crippen molar-refractivity contribution in [1.82, 2.24) is 10.5 Å². The van der Waals surface area contributed by atoms with Crippen molar-refractivity contribution in [3.05, 3.63) is 17.0 Å². The van der Waals surface area contributed by atoms with Crippen LogP contribution in [-0.4, -0.2) is 34.9 Å². The van der Waals surface area contributed by atoms with Crippen molar-refractivity contribution in [3.63, 3.8) is 0 Å². The highest BCUT2D eigenvalue weighted by molar-refractivity contribution is 7.99. The molecule has 5 heteroatoms. The van der Waals surface area contributed by atoms with Gasteiger partial charge in [0.2, 0.25) is 0 Å². The van der Waals surface area contributed by atoms with Crippen molar-refractivity contribution in [2.45, 2.75) is 51.3 Å². The first kappa shape index (κ1) is 13.5. The average Bonchev–Trinajstić information content (AvgIpc) is 2.96. The molecule has 0 bridgehead atoms. The van der Waals surface area contributed by atoms with Gasteiger partial charge in [-0.3, -0.25) is 0 Å². The quantitative estimate of drug-likeness (QED) is 0.922. The lowest BCUT2D eigenvalue weighted by molar-refractivity contribution is -0.0703. The zero-order valence-electron chi connectivity index (χ0n) is 11.7. The fourth-order valence-electron chi connectivity index (χ4n) is 3.07. The van der Waals surface area contributed by atoms with Crippen LogP contribution in [0.5, 0.6) is 0 Å². The first-order chi connectivity index (χ1) is 9.19. The summed E-state index contributed by atoms with van der Waals surface area (Å²) < 4.78 is 11.3. The molecule has 2 unspecified atom stereocenters. The van der Waals surface area contributed by atoms with E-state index in [0.717, 1.165) is 43.2 Å². The summed E-state index contributed by atoms with van der Waals surface area (Å²) in [6.07, 6.45) is 3.46. The number of ether oxygens (including phenoxy) is 1. The smallest absolute Gasteiger partial charge is 0.138 e. The van der Waals surface area contributed by atoms with Gasteiger partial charge in [0.25, 0.3) is 0 Å². The molecule has 3 rings (SSSR count). The van der Waals surface area contributed by atoms with Crippen LogP contribution in [0.25, 0.3) is 0 Å². The Morgan fingerprint density at radius 2 is 2.37 bits per heavy atom. The van der Waals surface area contributed by atoms with Gasteiger partial charge in [0, 0.05) is 30.5 Å². The Bertz CT molecular complexity index is 421. The zero-order chi connectivity index (χ0) is 13.3. The second-order valence-corrected chi connectivity index (χ2v) is 6.81. The Kier molecular flexibility index (Phi) is 3.87. The van der Waals surface area contributed by atoms with E-state index in [-0.39, 0.29) is 5.60 Å². The summed E-state index contributed by atoms with van der Waals surface area (Å²) in [6, 6.07) is 0.557. The average molecular weight is 282 g/mol. The molecule has 106 valence electrons. The van der Waals surface area contributed by atoms with E-state index in [2.05, 4.69) is 10.5 Å². The predicted molar refractivity (Wildman–Crippen MR) is 76.5 cm³/mol. The first-order valence-electron chi connectivity index (χ1n) is 7.05. The molecule has 2 aliphatic heterocycles. The van der Waals surface area contributed by atoms with Crippen molar-refractivity contribution in [3.8, 4) is 0 Å². The van der Waals surface area contributed by atoms with Crippen molar-refractivity contribution in [2.24, 2.45) is 0 Å². The van der Waals surface area contributed by atoms with Crippen LogP contribution in [0.15, 0.2) is 4.52 Å². The summed E-state index contributed by atoms with van der Waals surface area (Å²) in [5.74, 6) is 3.34. The Morgan fingerprint density at radius 3 is 3.05 bits per heavy atom. The third kappa shape index (κ3) is 2.83. The number of aryl methyl sites for hydroxylation is 2. The number of nitrogens with one attached hydrogen (secondary N) is 1. The Morgan fingerprint density at radius 1 is 1.47 bits per heavy atom. The second kappa shape index (κ2) is 5.46. The third-order valence-electron chi connectivity index (χ3n) is 4.31. The van der Waals surface area contributed by atoms with E-state index >= 15 is 0 Å². The zero-order valence-corrected chi connectivity index (χ0v) is 12.5. The van der Waals surface area contributed by atoms with Crippen LogP contribution in [-0.2, 0) is 11.3 Å². The van der Waals surface area contributed by atoms with Gasteiger partial charge < -0.3 is 14.6 Å². The van der Waals surface area contributed by atoms with Gasteiger partial charge in [0.15, 0.2) is 0 Å². The van der Waals surface area contributed by atoms with Gasteiger partial charge in [-0.2, -0.15) is 11.8 Å². The lowest BCUT2D eigenvalue weighted by Crippen LogP contribution is -2.47. The molecule has 2 aliphatic rings. The molecule has 1 N–H and O–H groups in total. The van der Waals surface area contributed by atoms with E-state index in [9.17, 15) is 0 Å². The van der Waals surface area contributed by atoms with Crippen LogP contribution < -0.4 is 5.32 Å². The molecule has 2 fully saturated rings. The van der Waals surface area contributed by atoms with Crippen LogP contribution in [0.3, 0.4) is 0 Å². The van der Waals surface area contributed by atoms with Gasteiger partial charge in [-0.15, -0.1) is 0 Å². The summed E-state index contributed by atoms with van der Waals surface area (Å²) in [7, 11) is 0. The minimum Gasteiger partial charge on any atom is -0.374 e. The van der Waals surface area contributed by atoms with E-state index in [4.69, 9.17) is 9.26 Å². The van der Waals surface area contributed by atoms with Crippen molar-refractivity contribution in [2.75, 3.05) is 18.1 Å². The summed E-state index contributed by atoms with van der Waals surface area (Å²) in [6.45, 7) is 5.73. The highest BCUT2D eigenvalue weighted by Gasteiger charge is 2.40. The van der Waals surface area contributed by atoms with Crippen LogP contribution in [0.2, 0.25) is 0 Å². The minimum absolute atomic E-state index is 0.152. The lowest BCUT2D eigenvalue weighted by Gasteiger charge is -2.38. The van der Waals surface area contributed by atoms with Crippen molar-refractivity contribution >= 4 is 11.8 Å². The van der Waals surface area contributed by atoms with Crippen LogP contribution in [0.4, 0.5) is 0 Å². The molecule has 1 aromatic rings. The first-order valence-corrected chi connectivity index (χ1v) is 8.21. The fraction of sp³-hybridized carbons (Fsp3) is 0.786. The Hall–Kier alpha value is -0.520. The Balaban J connectivity index is 1.58. The van der Waals surface area contributed by atoms with E-state index in [1.54, 1.807) is 0 Å². The standard InChI is InChI=1S/C14H22N2O2S/c1-10-13(11(2)18-16-10)8-15-12-3-5-17-14(7-12)4-6-19-9-14/h12,15H,3-9H2,1-2H3. The molecule has 2 atom stereocenters. The van der Waals surface area contributed by atoms with Crippen molar-refractivity contribution in [1.29, 1.82) is 0 Å². The molecule has 0 aliphatic carbocycles. The van der Waals surface area contributed by atoms with Crippen LogP contribution >= 0.6 is 11.8 Å². The molecule has 1 aromatic heterocycles. The molecule has 0 saturated carbocycles. The fourth-order valence-corrected chi connectivity index (χ4v) is 4.44. The van der Waals surface area contributed by atoms with Crippen molar-refractivity contribution < 1.29 is 9.26 Å². The van der Waals surface area contributed by atoms with Crippen LogP contribution in [0, 0.1) is 13.8 Å². The highest BCUT2D eigenvalue weighted by atomic mass is 32.2. The largest absolute Gasteiger partial charge is 0.374 e. The van der Waals surface area contributed by atoms with Gasteiger partial charge >= 0.3 is 0 Å². The summed E-state index contributed by atoms with van der Waals surface area (Å²) >= 11 is 2.02. The van der Waals surface area contributed by atoms with E-state index in [1.165, 1.54) is 17.7 Å². The van der Waals surface area contributed by atoms with Gasteiger partial charge in [-0.25, -0.2) is 0 Å². The lowest BCUT2D eigenvalue weighted by atomic mass is 9.90. The van der Waals surface area contributed by atoms with E-state index in [0.29, 0.717) is 6.04 Å². The number of nitrogens with zero attached hydrogens (tertiary/aromatic N) is 1. The molecule has 0 aromatic carbocycles. The van der Waals surface area contributed by atoms with Gasteiger partial charge in [0.1, 0.15) is 5.76 Å². The normalized spacial score (nSPS) is 31.2. The summed E-state index contributed by atoms with van der Waals surface area (Å²) in [4.78, 5) is 0. The maximum atomic E-state index is 6.05. The monoisotopic (exact) mass is 282 g/mol. The Labute approximate surface area is 118 Å². The maximum absolute atomic E-state index is 6.05. The SMILES string of the molecule is Cc1noc(C)c1CNC1CCOC2(CCSC2)C1. The number of hydrogen-bond acceptors (Lipinski definition) is 5. The van der Waals surface area contributed by atoms with E-state index in [1.807, 2.05) is 25.6 Å². The molecule has 0 amide bonds. The molecular weight excluding hydrogens is 260 g/mol. The molecule has 2 saturated heterocycles. The van der Waals surface area contributed by atoms with E-state index < -0.39 is 0 Å². The van der Waals surface area contributed by atoms with Gasteiger partial charge in [0.05, 0.1) is 11.3 Å².